The monoisotopic (exact) mass is 394 g/mol. The van der Waals surface area contributed by atoms with E-state index in [2.05, 4.69) is 5.32 Å². The van der Waals surface area contributed by atoms with E-state index in [0.29, 0.717) is 29.1 Å². The lowest BCUT2D eigenvalue weighted by Gasteiger charge is -2.15. The van der Waals surface area contributed by atoms with Crippen LogP contribution in [0, 0.1) is 0 Å². The highest BCUT2D eigenvalue weighted by Gasteiger charge is 2.30. The SMILES string of the molecule is CCCCOC(=O)c1ccc(NC(=O)c2cccc(N3C(=O)CCC3=O)c2)cc1. The van der Waals surface area contributed by atoms with Crippen LogP contribution in [-0.2, 0) is 14.3 Å². The Morgan fingerprint density at radius 3 is 2.34 bits per heavy atom. The van der Waals surface area contributed by atoms with Crippen molar-refractivity contribution in [1.29, 1.82) is 0 Å². The Labute approximate surface area is 168 Å². The fraction of sp³-hybridized carbons (Fsp3) is 0.273. The number of rotatable bonds is 7. The smallest absolute Gasteiger partial charge is 0.338 e. The summed E-state index contributed by atoms with van der Waals surface area (Å²) in [4.78, 5) is 49.4. The third-order valence-electron chi connectivity index (χ3n) is 4.53. The highest BCUT2D eigenvalue weighted by atomic mass is 16.5. The molecule has 3 rings (SSSR count). The Bertz CT molecular complexity index is 920. The molecule has 0 aliphatic carbocycles. The van der Waals surface area contributed by atoms with Gasteiger partial charge in [-0.15, -0.1) is 0 Å². The summed E-state index contributed by atoms with van der Waals surface area (Å²) in [5, 5.41) is 2.74. The summed E-state index contributed by atoms with van der Waals surface area (Å²) >= 11 is 0. The summed E-state index contributed by atoms with van der Waals surface area (Å²) in [6, 6.07) is 12.8. The van der Waals surface area contributed by atoms with Crippen molar-refractivity contribution in [3.8, 4) is 0 Å². The van der Waals surface area contributed by atoms with Crippen molar-refractivity contribution in [2.24, 2.45) is 0 Å². The number of hydrogen-bond donors (Lipinski definition) is 1. The van der Waals surface area contributed by atoms with Gasteiger partial charge in [0, 0.05) is 24.1 Å². The van der Waals surface area contributed by atoms with Crippen molar-refractivity contribution < 1.29 is 23.9 Å². The second-order valence-electron chi connectivity index (χ2n) is 6.69. The zero-order chi connectivity index (χ0) is 20.8. The summed E-state index contributed by atoms with van der Waals surface area (Å²) in [5.74, 6) is -1.32. The lowest BCUT2D eigenvalue weighted by molar-refractivity contribution is -0.121. The van der Waals surface area contributed by atoms with Crippen LogP contribution in [0.15, 0.2) is 48.5 Å². The Morgan fingerprint density at radius 1 is 1.00 bits per heavy atom. The molecule has 0 atom stereocenters. The van der Waals surface area contributed by atoms with Gasteiger partial charge in [0.1, 0.15) is 0 Å². The maximum absolute atomic E-state index is 12.5. The van der Waals surface area contributed by atoms with Crippen molar-refractivity contribution in [3.05, 3.63) is 59.7 Å². The molecule has 0 spiro atoms. The van der Waals surface area contributed by atoms with Crippen LogP contribution in [0.1, 0.15) is 53.3 Å². The van der Waals surface area contributed by atoms with Crippen LogP contribution < -0.4 is 10.2 Å². The van der Waals surface area contributed by atoms with Crippen molar-refractivity contribution in [2.45, 2.75) is 32.6 Å². The molecular formula is C22H22N2O5. The number of nitrogens with one attached hydrogen (secondary N) is 1. The summed E-state index contributed by atoms with van der Waals surface area (Å²) in [5.41, 5.74) is 1.62. The van der Waals surface area contributed by atoms with Gasteiger partial charge in [0.25, 0.3) is 5.91 Å². The van der Waals surface area contributed by atoms with E-state index in [-0.39, 0.29) is 30.6 Å². The van der Waals surface area contributed by atoms with E-state index in [1.165, 1.54) is 6.07 Å². The Balaban J connectivity index is 1.66. The molecule has 1 fully saturated rings. The molecule has 150 valence electrons. The summed E-state index contributed by atoms with van der Waals surface area (Å²) in [7, 11) is 0. The predicted molar refractivity (Wildman–Crippen MR) is 108 cm³/mol. The molecule has 0 unspecified atom stereocenters. The van der Waals surface area contributed by atoms with E-state index in [1.807, 2.05) is 6.92 Å². The van der Waals surface area contributed by atoms with Gasteiger partial charge in [-0.1, -0.05) is 19.4 Å². The number of carbonyl (C=O) groups is 4. The zero-order valence-corrected chi connectivity index (χ0v) is 16.1. The number of benzene rings is 2. The highest BCUT2D eigenvalue weighted by molar-refractivity contribution is 6.20. The first-order valence-electron chi connectivity index (χ1n) is 9.54. The number of hydrogen-bond acceptors (Lipinski definition) is 5. The molecule has 7 nitrogen and oxygen atoms in total. The van der Waals surface area contributed by atoms with E-state index in [9.17, 15) is 19.2 Å². The molecule has 1 heterocycles. The fourth-order valence-corrected chi connectivity index (χ4v) is 2.94. The van der Waals surface area contributed by atoms with Crippen LogP contribution in [0.25, 0.3) is 0 Å². The molecular weight excluding hydrogens is 372 g/mol. The number of unbranched alkanes of at least 4 members (excludes halogenated alkanes) is 1. The van der Waals surface area contributed by atoms with Gasteiger partial charge in [0.05, 0.1) is 17.9 Å². The molecule has 1 saturated heterocycles. The molecule has 7 heteroatoms. The van der Waals surface area contributed by atoms with Gasteiger partial charge in [0.2, 0.25) is 11.8 Å². The molecule has 2 aromatic rings. The first kappa shape index (κ1) is 20.3. The molecule has 0 radical (unpaired) electrons. The topological polar surface area (TPSA) is 92.8 Å². The van der Waals surface area contributed by atoms with Gasteiger partial charge in [-0.25, -0.2) is 4.79 Å². The Morgan fingerprint density at radius 2 is 1.69 bits per heavy atom. The third-order valence-corrected chi connectivity index (χ3v) is 4.53. The highest BCUT2D eigenvalue weighted by Crippen LogP contribution is 2.24. The number of carbonyl (C=O) groups excluding carboxylic acids is 4. The Kier molecular flexibility index (Phi) is 6.39. The zero-order valence-electron chi connectivity index (χ0n) is 16.1. The number of imide groups is 1. The molecule has 1 N–H and O–H groups in total. The molecule has 3 amide bonds. The van der Waals surface area contributed by atoms with Crippen LogP contribution in [0.3, 0.4) is 0 Å². The maximum atomic E-state index is 12.5. The number of esters is 1. The van der Waals surface area contributed by atoms with Crippen LogP contribution in [0.5, 0.6) is 0 Å². The Hall–Kier alpha value is -3.48. The number of amides is 3. The first-order valence-corrected chi connectivity index (χ1v) is 9.54. The number of nitrogens with zero attached hydrogens (tertiary/aromatic N) is 1. The standard InChI is InChI=1S/C22H22N2O5/c1-2-3-13-29-22(28)15-7-9-17(10-8-15)23-21(27)16-5-4-6-18(14-16)24-19(25)11-12-20(24)26/h4-10,14H,2-3,11-13H2,1H3,(H,23,27). The minimum Gasteiger partial charge on any atom is -0.462 e. The van der Waals surface area contributed by atoms with Crippen LogP contribution >= 0.6 is 0 Å². The van der Waals surface area contributed by atoms with E-state index >= 15 is 0 Å². The van der Waals surface area contributed by atoms with E-state index in [0.717, 1.165) is 17.7 Å². The second-order valence-corrected chi connectivity index (χ2v) is 6.69. The largest absolute Gasteiger partial charge is 0.462 e. The van der Waals surface area contributed by atoms with Crippen molar-refractivity contribution in [1.82, 2.24) is 0 Å². The molecule has 1 aliphatic heterocycles. The van der Waals surface area contributed by atoms with Gasteiger partial charge < -0.3 is 10.1 Å². The van der Waals surface area contributed by atoms with Gasteiger partial charge in [0.15, 0.2) is 0 Å². The molecule has 0 bridgehead atoms. The van der Waals surface area contributed by atoms with E-state index in [1.54, 1.807) is 42.5 Å². The third kappa shape index (κ3) is 4.87. The first-order chi connectivity index (χ1) is 14.0. The minimum atomic E-state index is -0.399. The molecule has 29 heavy (non-hydrogen) atoms. The molecule has 0 saturated carbocycles. The average molecular weight is 394 g/mol. The van der Waals surface area contributed by atoms with E-state index < -0.39 is 5.97 Å². The van der Waals surface area contributed by atoms with E-state index in [4.69, 9.17) is 4.74 Å². The number of ether oxygens (including phenoxy) is 1. The van der Waals surface area contributed by atoms with Gasteiger partial charge >= 0.3 is 5.97 Å². The average Bonchev–Trinajstić information content (AvgIpc) is 3.07. The maximum Gasteiger partial charge on any atom is 0.338 e. The fourth-order valence-electron chi connectivity index (χ4n) is 2.94. The lowest BCUT2D eigenvalue weighted by atomic mass is 10.1. The van der Waals surface area contributed by atoms with Crippen molar-refractivity contribution in [2.75, 3.05) is 16.8 Å². The molecule has 1 aliphatic rings. The predicted octanol–water partition coefficient (Wildman–Crippen LogP) is 3.55. The van der Waals surface area contributed by atoms with Gasteiger partial charge in [-0.3, -0.25) is 19.3 Å². The molecule has 0 aromatic heterocycles. The van der Waals surface area contributed by atoms with Crippen LogP contribution in [0.4, 0.5) is 11.4 Å². The summed E-state index contributed by atoms with van der Waals surface area (Å²) in [6.07, 6.45) is 2.12. The van der Waals surface area contributed by atoms with Crippen LogP contribution in [0.2, 0.25) is 0 Å². The van der Waals surface area contributed by atoms with Gasteiger partial charge in [-0.05, 0) is 48.9 Å². The minimum absolute atomic E-state index is 0.183. The van der Waals surface area contributed by atoms with Crippen LogP contribution in [-0.4, -0.2) is 30.3 Å². The van der Waals surface area contributed by atoms with Gasteiger partial charge in [-0.2, -0.15) is 0 Å². The quantitative estimate of drug-likeness (QED) is 0.440. The summed E-state index contributed by atoms with van der Waals surface area (Å²) < 4.78 is 5.15. The molecule has 2 aromatic carbocycles. The second kappa shape index (κ2) is 9.14. The van der Waals surface area contributed by atoms with Crippen molar-refractivity contribution in [3.63, 3.8) is 0 Å². The summed E-state index contributed by atoms with van der Waals surface area (Å²) in [6.45, 7) is 2.40. The normalized spacial score (nSPS) is 13.5. The number of anilines is 2. The van der Waals surface area contributed by atoms with Crippen molar-refractivity contribution >= 4 is 35.1 Å². The lowest BCUT2D eigenvalue weighted by Crippen LogP contribution is -2.28.